The summed E-state index contributed by atoms with van der Waals surface area (Å²) in [5, 5.41) is -0.433. The highest BCUT2D eigenvalue weighted by molar-refractivity contribution is 6.31. The zero-order valence-electron chi connectivity index (χ0n) is 26.1. The minimum Gasteiger partial charge on any atom is -0.477 e. The third kappa shape index (κ3) is 6.45. The Morgan fingerprint density at radius 3 is 2.64 bits per heavy atom. The van der Waals surface area contributed by atoms with E-state index < -0.39 is 28.3 Å². The Morgan fingerprint density at radius 1 is 1.09 bits per heavy atom. The van der Waals surface area contributed by atoms with E-state index in [2.05, 4.69) is 9.97 Å². The maximum atomic E-state index is 14.2. The molecule has 1 spiro atoms. The van der Waals surface area contributed by atoms with Crippen LogP contribution < -0.4 is 9.64 Å². The van der Waals surface area contributed by atoms with Gasteiger partial charge in [0.05, 0.1) is 47.0 Å². The van der Waals surface area contributed by atoms with Crippen LogP contribution in [0.15, 0.2) is 73.2 Å². The Morgan fingerprint density at radius 2 is 1.89 bits per heavy atom. The average molecular weight is 666 g/mol. The van der Waals surface area contributed by atoms with Crippen molar-refractivity contribution in [3.63, 3.8) is 0 Å². The SMILES string of the molecule is CCOc1ncccc1-c1ccc2c(n1)CN(C(=O)OCc1ccccc1)C[C@]21CCN(c2cncc(Cl)c2C(F)(F)F)C[C@H]1CC. The number of carbonyl (C=O) groups is 1. The van der Waals surface area contributed by atoms with Crippen molar-refractivity contribution in [2.75, 3.05) is 31.1 Å². The summed E-state index contributed by atoms with van der Waals surface area (Å²) in [7, 11) is 0. The van der Waals surface area contributed by atoms with E-state index in [4.69, 9.17) is 26.1 Å². The number of benzene rings is 1. The molecule has 6 rings (SSSR count). The number of amides is 1. The van der Waals surface area contributed by atoms with Crippen molar-refractivity contribution in [1.82, 2.24) is 19.9 Å². The number of carbonyl (C=O) groups excluding carboxylic acids is 1. The molecule has 3 aromatic heterocycles. The highest BCUT2D eigenvalue weighted by atomic mass is 35.5. The molecule has 1 saturated heterocycles. The summed E-state index contributed by atoms with van der Waals surface area (Å²) in [6, 6.07) is 17.1. The Kier molecular flexibility index (Phi) is 9.27. The van der Waals surface area contributed by atoms with Crippen molar-refractivity contribution < 1.29 is 27.4 Å². The number of alkyl halides is 3. The smallest absolute Gasteiger partial charge is 0.419 e. The van der Waals surface area contributed by atoms with E-state index in [0.717, 1.165) is 22.9 Å². The number of ether oxygens (including phenoxy) is 2. The van der Waals surface area contributed by atoms with Crippen LogP contribution in [-0.2, 0) is 29.5 Å². The van der Waals surface area contributed by atoms with Crippen LogP contribution in [0.2, 0.25) is 5.02 Å². The fourth-order valence-corrected chi connectivity index (χ4v) is 7.24. The van der Waals surface area contributed by atoms with E-state index in [1.54, 1.807) is 16.0 Å². The van der Waals surface area contributed by atoms with Crippen LogP contribution in [-0.4, -0.2) is 52.2 Å². The molecular formula is C35H35ClF3N5O3. The van der Waals surface area contributed by atoms with Crippen molar-refractivity contribution in [1.29, 1.82) is 0 Å². The zero-order chi connectivity index (χ0) is 33.2. The molecule has 1 aromatic carbocycles. The minimum atomic E-state index is -4.64. The highest BCUT2D eigenvalue weighted by Gasteiger charge is 2.50. The molecule has 0 aliphatic carbocycles. The van der Waals surface area contributed by atoms with Crippen LogP contribution in [0.25, 0.3) is 11.3 Å². The van der Waals surface area contributed by atoms with Gasteiger partial charge in [-0.25, -0.2) is 9.78 Å². The van der Waals surface area contributed by atoms with Crippen molar-refractivity contribution >= 4 is 23.4 Å². The zero-order valence-corrected chi connectivity index (χ0v) is 26.9. The minimum absolute atomic E-state index is 0.0398. The number of anilines is 1. The van der Waals surface area contributed by atoms with Gasteiger partial charge in [-0.1, -0.05) is 61.3 Å². The molecule has 1 amide bonds. The van der Waals surface area contributed by atoms with Crippen LogP contribution in [0.1, 0.15) is 49.1 Å². The number of piperidine rings is 1. The number of fused-ring (bicyclic) bond motifs is 2. The number of pyridine rings is 3. The first-order valence-corrected chi connectivity index (χ1v) is 16.0. The summed E-state index contributed by atoms with van der Waals surface area (Å²) in [6.45, 7) is 5.64. The van der Waals surface area contributed by atoms with E-state index in [-0.39, 0.29) is 24.8 Å². The van der Waals surface area contributed by atoms with E-state index in [0.29, 0.717) is 56.4 Å². The summed E-state index contributed by atoms with van der Waals surface area (Å²) in [6.07, 6.45) is -0.0751. The van der Waals surface area contributed by atoms with E-state index in [1.807, 2.05) is 68.4 Å². The van der Waals surface area contributed by atoms with Crippen LogP contribution in [0.4, 0.5) is 23.7 Å². The topological polar surface area (TPSA) is 80.7 Å². The highest BCUT2D eigenvalue weighted by Crippen LogP contribution is 2.49. The van der Waals surface area contributed by atoms with E-state index in [1.165, 1.54) is 6.20 Å². The van der Waals surface area contributed by atoms with Gasteiger partial charge in [-0.15, -0.1) is 0 Å². The Labute approximate surface area is 276 Å². The Bertz CT molecular complexity index is 1740. The second kappa shape index (κ2) is 13.4. The van der Waals surface area contributed by atoms with Crippen molar-refractivity contribution in [3.05, 3.63) is 101 Å². The molecule has 0 radical (unpaired) electrons. The Balaban J connectivity index is 1.38. The molecule has 12 heteroatoms. The van der Waals surface area contributed by atoms with Gasteiger partial charge in [-0.3, -0.25) is 9.97 Å². The van der Waals surface area contributed by atoms with Gasteiger partial charge in [0, 0.05) is 37.4 Å². The molecular weight excluding hydrogens is 631 g/mol. The van der Waals surface area contributed by atoms with Crippen molar-refractivity contribution in [3.8, 4) is 17.1 Å². The molecule has 2 atom stereocenters. The number of nitrogens with zero attached hydrogens (tertiary/aromatic N) is 5. The maximum Gasteiger partial charge on any atom is 0.419 e. The maximum absolute atomic E-state index is 14.2. The molecule has 2 aliphatic heterocycles. The van der Waals surface area contributed by atoms with Gasteiger partial charge in [0.1, 0.15) is 12.2 Å². The van der Waals surface area contributed by atoms with Crippen molar-refractivity contribution in [2.45, 2.75) is 51.4 Å². The number of hydrogen-bond acceptors (Lipinski definition) is 7. The lowest BCUT2D eigenvalue weighted by molar-refractivity contribution is -0.137. The second-order valence-corrected chi connectivity index (χ2v) is 12.3. The molecule has 246 valence electrons. The lowest BCUT2D eigenvalue weighted by Crippen LogP contribution is -2.58. The van der Waals surface area contributed by atoms with Gasteiger partial charge in [-0.2, -0.15) is 13.2 Å². The number of aromatic nitrogens is 3. The van der Waals surface area contributed by atoms with Crippen LogP contribution in [0, 0.1) is 5.92 Å². The third-order valence-electron chi connectivity index (χ3n) is 9.16. The summed E-state index contributed by atoms with van der Waals surface area (Å²) in [5.41, 5.74) is 2.43. The first kappa shape index (κ1) is 32.6. The van der Waals surface area contributed by atoms with Gasteiger partial charge in [0.15, 0.2) is 0 Å². The van der Waals surface area contributed by atoms with Gasteiger partial charge in [-0.05, 0) is 48.6 Å². The molecule has 4 aromatic rings. The molecule has 8 nitrogen and oxygen atoms in total. The normalized spacial score (nSPS) is 19.4. The second-order valence-electron chi connectivity index (χ2n) is 11.8. The van der Waals surface area contributed by atoms with Crippen LogP contribution in [0.3, 0.4) is 0 Å². The first-order valence-electron chi connectivity index (χ1n) is 15.6. The van der Waals surface area contributed by atoms with E-state index in [9.17, 15) is 18.0 Å². The monoisotopic (exact) mass is 665 g/mol. The van der Waals surface area contributed by atoms with Gasteiger partial charge < -0.3 is 19.3 Å². The molecule has 47 heavy (non-hydrogen) atoms. The first-order chi connectivity index (χ1) is 22.6. The van der Waals surface area contributed by atoms with Gasteiger partial charge in [0.25, 0.3) is 0 Å². The van der Waals surface area contributed by atoms with Gasteiger partial charge >= 0.3 is 12.3 Å². The number of halogens is 4. The quantitative estimate of drug-likeness (QED) is 0.198. The molecule has 0 N–H and O–H groups in total. The molecule has 1 fully saturated rings. The predicted molar refractivity (Wildman–Crippen MR) is 172 cm³/mol. The number of hydrogen-bond donors (Lipinski definition) is 0. The molecule has 0 bridgehead atoms. The largest absolute Gasteiger partial charge is 0.477 e. The summed E-state index contributed by atoms with van der Waals surface area (Å²) in [5.74, 6) is 0.326. The summed E-state index contributed by atoms with van der Waals surface area (Å²) < 4.78 is 54.0. The summed E-state index contributed by atoms with van der Waals surface area (Å²) in [4.78, 5) is 30.5. The number of rotatable bonds is 7. The molecule has 0 saturated carbocycles. The molecule has 2 aliphatic rings. The van der Waals surface area contributed by atoms with Crippen LogP contribution in [0.5, 0.6) is 5.88 Å². The molecule has 0 unspecified atom stereocenters. The fraction of sp³-hybridized carbons (Fsp3) is 0.371. The lowest BCUT2D eigenvalue weighted by Gasteiger charge is -2.53. The third-order valence-corrected chi connectivity index (χ3v) is 9.45. The van der Waals surface area contributed by atoms with Crippen molar-refractivity contribution in [2.24, 2.45) is 5.92 Å². The fourth-order valence-electron chi connectivity index (χ4n) is 6.98. The van der Waals surface area contributed by atoms with E-state index >= 15 is 0 Å². The Hall–Kier alpha value is -4.38. The molecule has 5 heterocycles. The average Bonchev–Trinajstić information content (AvgIpc) is 3.07. The van der Waals surface area contributed by atoms with Gasteiger partial charge in [0.2, 0.25) is 5.88 Å². The van der Waals surface area contributed by atoms with Crippen LogP contribution >= 0.6 is 11.6 Å². The predicted octanol–water partition coefficient (Wildman–Crippen LogP) is 7.94. The lowest BCUT2D eigenvalue weighted by atomic mass is 9.62. The standard InChI is InChI=1S/C35H35ClF3N5O3/c1-3-24-19-43(30-18-40-17-27(36)31(30)35(37,38)39)16-14-34(24)22-44(33(45)47-21-23-9-6-5-7-10-23)20-29-26(34)12-13-28(42-29)25-11-8-15-41-32(25)46-4-2/h5-13,15,17-18,24H,3-4,14,16,19-22H2,1-2H3/t24-,34+/m1/s1. The summed E-state index contributed by atoms with van der Waals surface area (Å²) >= 11 is 6.05.